The SMILES string of the molecule is COc1c(C)cc(C2(C)CCCN2)c(OC)c1Br. The Kier molecular flexibility index (Phi) is 3.87. The van der Waals surface area contributed by atoms with Crippen LogP contribution in [-0.4, -0.2) is 20.8 Å². The summed E-state index contributed by atoms with van der Waals surface area (Å²) in [6, 6.07) is 2.17. The molecule has 0 aliphatic carbocycles. The van der Waals surface area contributed by atoms with E-state index < -0.39 is 0 Å². The first kappa shape index (κ1) is 13.7. The van der Waals surface area contributed by atoms with Crippen molar-refractivity contribution in [3.63, 3.8) is 0 Å². The van der Waals surface area contributed by atoms with Gasteiger partial charge >= 0.3 is 0 Å². The number of ether oxygens (including phenoxy) is 2. The van der Waals surface area contributed by atoms with Crippen LogP contribution >= 0.6 is 15.9 Å². The summed E-state index contributed by atoms with van der Waals surface area (Å²) in [4.78, 5) is 0. The van der Waals surface area contributed by atoms with Crippen LogP contribution in [0.25, 0.3) is 0 Å². The van der Waals surface area contributed by atoms with Gasteiger partial charge in [0, 0.05) is 11.1 Å². The highest BCUT2D eigenvalue weighted by molar-refractivity contribution is 9.10. The van der Waals surface area contributed by atoms with E-state index in [9.17, 15) is 0 Å². The molecule has 2 rings (SSSR count). The maximum Gasteiger partial charge on any atom is 0.141 e. The lowest BCUT2D eigenvalue weighted by atomic mass is 9.88. The van der Waals surface area contributed by atoms with Crippen LogP contribution in [-0.2, 0) is 5.54 Å². The Balaban J connectivity index is 2.60. The number of hydrogen-bond donors (Lipinski definition) is 1. The van der Waals surface area contributed by atoms with Gasteiger partial charge in [-0.2, -0.15) is 0 Å². The second-order valence-electron chi connectivity index (χ2n) is 4.98. The van der Waals surface area contributed by atoms with Gasteiger partial charge in [-0.1, -0.05) is 0 Å². The predicted molar refractivity (Wildman–Crippen MR) is 76.6 cm³/mol. The Bertz CT molecular complexity index is 454. The fraction of sp³-hybridized carbons (Fsp3) is 0.571. The molecule has 1 aliphatic rings. The van der Waals surface area contributed by atoms with Crippen LogP contribution < -0.4 is 14.8 Å². The average molecular weight is 314 g/mol. The summed E-state index contributed by atoms with van der Waals surface area (Å²) >= 11 is 3.60. The lowest BCUT2D eigenvalue weighted by Gasteiger charge is -2.29. The van der Waals surface area contributed by atoms with Crippen LogP contribution in [0, 0.1) is 6.92 Å². The van der Waals surface area contributed by atoms with Gasteiger partial charge < -0.3 is 14.8 Å². The molecular formula is C14H20BrNO2. The zero-order chi connectivity index (χ0) is 13.3. The second-order valence-corrected chi connectivity index (χ2v) is 5.78. The molecule has 1 N–H and O–H groups in total. The lowest BCUT2D eigenvalue weighted by Crippen LogP contribution is -2.33. The van der Waals surface area contributed by atoms with Crippen LogP contribution in [0.5, 0.6) is 11.5 Å². The summed E-state index contributed by atoms with van der Waals surface area (Å²) in [5.74, 6) is 1.71. The van der Waals surface area contributed by atoms with Gasteiger partial charge in [0.15, 0.2) is 0 Å². The zero-order valence-corrected chi connectivity index (χ0v) is 13.0. The smallest absolute Gasteiger partial charge is 0.141 e. The molecule has 100 valence electrons. The monoisotopic (exact) mass is 313 g/mol. The van der Waals surface area contributed by atoms with E-state index in [1.54, 1.807) is 14.2 Å². The summed E-state index contributed by atoms with van der Waals surface area (Å²) < 4.78 is 11.9. The third kappa shape index (κ3) is 2.12. The molecule has 4 heteroatoms. The topological polar surface area (TPSA) is 30.5 Å². The Labute approximate surface area is 117 Å². The highest BCUT2D eigenvalue weighted by Gasteiger charge is 2.34. The maximum absolute atomic E-state index is 5.58. The molecule has 1 aliphatic heterocycles. The van der Waals surface area contributed by atoms with Crippen molar-refractivity contribution in [2.24, 2.45) is 0 Å². The van der Waals surface area contributed by atoms with Gasteiger partial charge in [0.05, 0.1) is 14.2 Å². The van der Waals surface area contributed by atoms with Gasteiger partial charge in [0.2, 0.25) is 0 Å². The number of aryl methyl sites for hydroxylation is 1. The van der Waals surface area contributed by atoms with E-state index in [1.165, 1.54) is 12.0 Å². The molecule has 0 radical (unpaired) electrons. The highest BCUT2D eigenvalue weighted by atomic mass is 79.9. The number of benzene rings is 1. The van der Waals surface area contributed by atoms with Gasteiger partial charge in [-0.15, -0.1) is 0 Å². The average Bonchev–Trinajstić information content (AvgIpc) is 2.77. The molecule has 1 fully saturated rings. The van der Waals surface area contributed by atoms with E-state index in [-0.39, 0.29) is 5.54 Å². The molecule has 1 atom stereocenters. The highest BCUT2D eigenvalue weighted by Crippen LogP contribution is 2.45. The molecular weight excluding hydrogens is 294 g/mol. The maximum atomic E-state index is 5.58. The van der Waals surface area contributed by atoms with Crippen molar-refractivity contribution in [1.82, 2.24) is 5.32 Å². The van der Waals surface area contributed by atoms with E-state index >= 15 is 0 Å². The minimum absolute atomic E-state index is 0.00903. The van der Waals surface area contributed by atoms with Gasteiger partial charge in [-0.25, -0.2) is 0 Å². The van der Waals surface area contributed by atoms with Crippen molar-refractivity contribution in [2.45, 2.75) is 32.2 Å². The third-order valence-corrected chi connectivity index (χ3v) is 4.45. The molecule has 0 bridgehead atoms. The van der Waals surface area contributed by atoms with Crippen molar-refractivity contribution >= 4 is 15.9 Å². The Morgan fingerprint density at radius 3 is 2.44 bits per heavy atom. The van der Waals surface area contributed by atoms with E-state index in [0.29, 0.717) is 0 Å². The lowest BCUT2D eigenvalue weighted by molar-refractivity contribution is 0.358. The van der Waals surface area contributed by atoms with Crippen molar-refractivity contribution in [3.8, 4) is 11.5 Å². The van der Waals surface area contributed by atoms with Crippen LogP contribution in [0.2, 0.25) is 0 Å². The zero-order valence-electron chi connectivity index (χ0n) is 11.4. The number of nitrogens with one attached hydrogen (secondary N) is 1. The van der Waals surface area contributed by atoms with E-state index in [2.05, 4.69) is 41.2 Å². The number of rotatable bonds is 3. The van der Waals surface area contributed by atoms with Crippen molar-refractivity contribution in [3.05, 3.63) is 21.7 Å². The largest absolute Gasteiger partial charge is 0.495 e. The summed E-state index contributed by atoms with van der Waals surface area (Å²) in [6.07, 6.45) is 2.32. The fourth-order valence-electron chi connectivity index (χ4n) is 2.73. The van der Waals surface area contributed by atoms with E-state index in [4.69, 9.17) is 9.47 Å². The van der Waals surface area contributed by atoms with Crippen LogP contribution in [0.4, 0.5) is 0 Å². The summed E-state index contributed by atoms with van der Waals surface area (Å²) in [7, 11) is 3.39. The van der Waals surface area contributed by atoms with Gasteiger partial charge in [-0.3, -0.25) is 0 Å². The normalized spacial score (nSPS) is 23.2. The summed E-state index contributed by atoms with van der Waals surface area (Å²) in [6.45, 7) is 5.35. The van der Waals surface area contributed by atoms with Crippen LogP contribution in [0.1, 0.15) is 30.9 Å². The molecule has 0 aromatic heterocycles. The molecule has 0 spiro atoms. The Morgan fingerprint density at radius 1 is 1.28 bits per heavy atom. The molecule has 1 aromatic carbocycles. The van der Waals surface area contributed by atoms with Crippen molar-refractivity contribution < 1.29 is 9.47 Å². The number of halogens is 1. The molecule has 1 saturated heterocycles. The first-order valence-electron chi connectivity index (χ1n) is 6.20. The first-order valence-corrected chi connectivity index (χ1v) is 6.99. The molecule has 1 unspecified atom stereocenters. The van der Waals surface area contributed by atoms with Crippen LogP contribution in [0.3, 0.4) is 0 Å². The fourth-order valence-corrected chi connectivity index (χ4v) is 3.58. The molecule has 0 saturated carbocycles. The number of methoxy groups -OCH3 is 2. The molecule has 1 aromatic rings. The van der Waals surface area contributed by atoms with E-state index in [1.807, 2.05) is 0 Å². The molecule has 18 heavy (non-hydrogen) atoms. The molecule has 3 nitrogen and oxygen atoms in total. The van der Waals surface area contributed by atoms with Gasteiger partial charge in [0.25, 0.3) is 0 Å². The third-order valence-electron chi connectivity index (χ3n) is 3.73. The second kappa shape index (κ2) is 5.10. The summed E-state index contributed by atoms with van der Waals surface area (Å²) in [5, 5.41) is 3.57. The quantitative estimate of drug-likeness (QED) is 0.928. The molecule has 0 amide bonds. The molecule has 1 heterocycles. The van der Waals surface area contributed by atoms with Crippen molar-refractivity contribution in [1.29, 1.82) is 0 Å². The van der Waals surface area contributed by atoms with Crippen LogP contribution in [0.15, 0.2) is 10.5 Å². The number of hydrogen-bond acceptors (Lipinski definition) is 3. The Hall–Kier alpha value is -0.740. The van der Waals surface area contributed by atoms with Gasteiger partial charge in [-0.05, 0) is 60.8 Å². The standard InChI is InChI=1S/C14H20BrNO2/c1-9-8-10(14(2)6-5-7-16-14)13(18-4)11(15)12(9)17-3/h8,16H,5-7H2,1-4H3. The minimum Gasteiger partial charge on any atom is -0.495 e. The first-order chi connectivity index (χ1) is 8.53. The minimum atomic E-state index is -0.00903. The van der Waals surface area contributed by atoms with Gasteiger partial charge in [0.1, 0.15) is 16.0 Å². The summed E-state index contributed by atoms with van der Waals surface area (Å²) in [5.41, 5.74) is 2.31. The van der Waals surface area contributed by atoms with E-state index in [0.717, 1.165) is 34.5 Å². The Morgan fingerprint density at radius 2 is 1.94 bits per heavy atom. The van der Waals surface area contributed by atoms with Crippen molar-refractivity contribution in [2.75, 3.05) is 20.8 Å². The predicted octanol–water partition coefficient (Wildman–Crippen LogP) is 3.37.